The molecule has 0 aromatic heterocycles. The summed E-state index contributed by atoms with van der Waals surface area (Å²) >= 11 is 0. The van der Waals surface area contributed by atoms with Crippen LogP contribution in [0.5, 0.6) is 0 Å². The monoisotopic (exact) mass is 177 g/mol. The van der Waals surface area contributed by atoms with Gasteiger partial charge in [-0.15, -0.1) is 0 Å². The zero-order valence-electron chi connectivity index (χ0n) is 6.84. The van der Waals surface area contributed by atoms with Gasteiger partial charge in [0.2, 0.25) is 0 Å². The number of nitrogens with two attached hydrogens (primary N) is 1. The van der Waals surface area contributed by atoms with E-state index in [1.807, 2.05) is 0 Å². The summed E-state index contributed by atoms with van der Waals surface area (Å²) in [6.07, 6.45) is 4.81. The first kappa shape index (κ1) is 9.00. The molecule has 2 N–H and O–H groups in total. The van der Waals surface area contributed by atoms with Crippen LogP contribution in [0.25, 0.3) is 0 Å². The van der Waals surface area contributed by atoms with E-state index in [0.29, 0.717) is 0 Å². The average Bonchev–Trinajstić information content (AvgIpc) is 2.33. The number of rotatable bonds is 2. The van der Waals surface area contributed by atoms with Crippen molar-refractivity contribution >= 4 is 9.84 Å². The molecule has 4 heteroatoms. The Labute approximate surface area is 67.9 Å². The van der Waals surface area contributed by atoms with Gasteiger partial charge >= 0.3 is 0 Å². The van der Waals surface area contributed by atoms with Crippen LogP contribution in [0.2, 0.25) is 0 Å². The maximum absolute atomic E-state index is 11.3. The minimum Gasteiger partial charge on any atom is -0.329 e. The van der Waals surface area contributed by atoms with E-state index in [2.05, 4.69) is 0 Å². The van der Waals surface area contributed by atoms with Gasteiger partial charge in [-0.3, -0.25) is 0 Å². The normalized spacial score (nSPS) is 23.8. The lowest BCUT2D eigenvalue weighted by atomic mass is 10.1. The van der Waals surface area contributed by atoms with Crippen LogP contribution in [0.3, 0.4) is 0 Å². The van der Waals surface area contributed by atoms with E-state index in [9.17, 15) is 8.42 Å². The fourth-order valence-electron chi connectivity index (χ4n) is 1.75. The Balaban J connectivity index is 2.93. The average molecular weight is 177 g/mol. The van der Waals surface area contributed by atoms with Gasteiger partial charge in [-0.2, -0.15) is 0 Å². The highest BCUT2D eigenvalue weighted by atomic mass is 32.2. The van der Waals surface area contributed by atoms with Gasteiger partial charge in [0.05, 0.1) is 4.75 Å². The summed E-state index contributed by atoms with van der Waals surface area (Å²) < 4.78 is 22.0. The first-order valence-electron chi connectivity index (χ1n) is 3.91. The molecule has 1 rings (SSSR count). The van der Waals surface area contributed by atoms with Crippen molar-refractivity contribution in [3.8, 4) is 0 Å². The molecule has 1 fully saturated rings. The van der Waals surface area contributed by atoms with Crippen LogP contribution in [0, 0.1) is 0 Å². The fraction of sp³-hybridized carbons (Fsp3) is 1.00. The Bertz CT molecular complexity index is 227. The lowest BCUT2D eigenvalue weighted by Gasteiger charge is -2.24. The smallest absolute Gasteiger partial charge is 0.154 e. The highest BCUT2D eigenvalue weighted by Crippen LogP contribution is 2.35. The molecular formula is C7H15NO2S. The second-order valence-electron chi connectivity index (χ2n) is 3.37. The van der Waals surface area contributed by atoms with Gasteiger partial charge in [0, 0.05) is 12.8 Å². The van der Waals surface area contributed by atoms with Crippen LogP contribution in [-0.4, -0.2) is 26.0 Å². The van der Waals surface area contributed by atoms with Gasteiger partial charge in [-0.1, -0.05) is 12.8 Å². The molecule has 1 aliphatic rings. The van der Waals surface area contributed by atoms with Crippen molar-refractivity contribution in [3.63, 3.8) is 0 Å². The van der Waals surface area contributed by atoms with E-state index < -0.39 is 14.6 Å². The lowest BCUT2D eigenvalue weighted by Crippen LogP contribution is -2.42. The summed E-state index contributed by atoms with van der Waals surface area (Å²) in [4.78, 5) is 0. The molecule has 0 atom stereocenters. The molecular weight excluding hydrogens is 162 g/mol. The van der Waals surface area contributed by atoms with E-state index in [-0.39, 0.29) is 6.54 Å². The molecule has 0 amide bonds. The van der Waals surface area contributed by atoms with Crippen LogP contribution in [0.4, 0.5) is 0 Å². The van der Waals surface area contributed by atoms with Crippen LogP contribution in [0.15, 0.2) is 0 Å². The van der Waals surface area contributed by atoms with Crippen LogP contribution < -0.4 is 5.73 Å². The van der Waals surface area contributed by atoms with Crippen molar-refractivity contribution in [3.05, 3.63) is 0 Å². The molecule has 3 nitrogen and oxygen atoms in total. The molecule has 11 heavy (non-hydrogen) atoms. The van der Waals surface area contributed by atoms with Gasteiger partial charge in [0.25, 0.3) is 0 Å². The van der Waals surface area contributed by atoms with Crippen molar-refractivity contribution < 1.29 is 8.42 Å². The van der Waals surface area contributed by atoms with E-state index in [0.717, 1.165) is 25.7 Å². The SMILES string of the molecule is CS(=O)(=O)C1(CN)CCCC1. The van der Waals surface area contributed by atoms with Crippen LogP contribution in [-0.2, 0) is 9.84 Å². The van der Waals surface area contributed by atoms with Gasteiger partial charge in [-0.25, -0.2) is 8.42 Å². The molecule has 0 heterocycles. The van der Waals surface area contributed by atoms with Crippen molar-refractivity contribution in [2.75, 3.05) is 12.8 Å². The second-order valence-corrected chi connectivity index (χ2v) is 5.78. The quantitative estimate of drug-likeness (QED) is 0.660. The maximum atomic E-state index is 11.3. The third-order valence-corrected chi connectivity index (χ3v) is 4.82. The molecule has 0 aromatic rings. The van der Waals surface area contributed by atoms with E-state index in [1.54, 1.807) is 0 Å². The molecule has 0 aromatic carbocycles. The summed E-state index contributed by atoms with van der Waals surface area (Å²) in [7, 11) is -2.94. The molecule has 1 saturated carbocycles. The Morgan fingerprint density at radius 3 is 2.00 bits per heavy atom. The maximum Gasteiger partial charge on any atom is 0.154 e. The Morgan fingerprint density at radius 2 is 1.82 bits per heavy atom. The predicted molar refractivity (Wildman–Crippen MR) is 45.1 cm³/mol. The van der Waals surface area contributed by atoms with Gasteiger partial charge in [0.15, 0.2) is 9.84 Å². The Morgan fingerprint density at radius 1 is 1.36 bits per heavy atom. The largest absolute Gasteiger partial charge is 0.329 e. The van der Waals surface area contributed by atoms with E-state index in [1.165, 1.54) is 6.26 Å². The van der Waals surface area contributed by atoms with E-state index in [4.69, 9.17) is 5.73 Å². The molecule has 0 saturated heterocycles. The third-order valence-electron chi connectivity index (χ3n) is 2.67. The van der Waals surface area contributed by atoms with Crippen LogP contribution in [0.1, 0.15) is 25.7 Å². The minimum atomic E-state index is -2.94. The zero-order chi connectivity index (χ0) is 8.54. The van der Waals surface area contributed by atoms with Crippen molar-refractivity contribution in [1.29, 1.82) is 0 Å². The van der Waals surface area contributed by atoms with Crippen molar-refractivity contribution in [1.82, 2.24) is 0 Å². The summed E-state index contributed by atoms with van der Waals surface area (Å²) in [5.41, 5.74) is 5.48. The van der Waals surface area contributed by atoms with Gasteiger partial charge in [-0.05, 0) is 12.8 Å². The standard InChI is InChI=1S/C7H15NO2S/c1-11(9,10)7(6-8)4-2-3-5-7/h2-6,8H2,1H3. The lowest BCUT2D eigenvalue weighted by molar-refractivity contribution is 0.520. The van der Waals surface area contributed by atoms with Crippen molar-refractivity contribution in [2.24, 2.45) is 5.73 Å². The highest BCUT2D eigenvalue weighted by molar-refractivity contribution is 7.92. The molecule has 0 radical (unpaired) electrons. The molecule has 0 unspecified atom stereocenters. The predicted octanol–water partition coefficient (Wildman–Crippen LogP) is 0.302. The number of sulfone groups is 1. The summed E-state index contributed by atoms with van der Waals surface area (Å²) in [6, 6.07) is 0. The van der Waals surface area contributed by atoms with Gasteiger partial charge < -0.3 is 5.73 Å². The third kappa shape index (κ3) is 1.42. The summed E-state index contributed by atoms with van der Waals surface area (Å²) in [6.45, 7) is 0.284. The first-order chi connectivity index (χ1) is 5.02. The highest BCUT2D eigenvalue weighted by Gasteiger charge is 2.41. The molecule has 0 aliphatic heterocycles. The molecule has 0 spiro atoms. The fourth-order valence-corrected chi connectivity index (χ4v) is 3.08. The first-order valence-corrected chi connectivity index (χ1v) is 5.81. The van der Waals surface area contributed by atoms with E-state index >= 15 is 0 Å². The summed E-state index contributed by atoms with van der Waals surface area (Å²) in [5, 5.41) is 0. The van der Waals surface area contributed by atoms with Crippen LogP contribution >= 0.6 is 0 Å². The molecule has 66 valence electrons. The van der Waals surface area contributed by atoms with Gasteiger partial charge in [0.1, 0.15) is 0 Å². The zero-order valence-corrected chi connectivity index (χ0v) is 7.65. The second kappa shape index (κ2) is 2.75. The number of hydrogen-bond acceptors (Lipinski definition) is 3. The Kier molecular flexibility index (Phi) is 2.25. The molecule has 1 aliphatic carbocycles. The summed E-state index contributed by atoms with van der Waals surface area (Å²) in [5.74, 6) is 0. The number of hydrogen-bond donors (Lipinski definition) is 1. The topological polar surface area (TPSA) is 60.2 Å². The minimum absolute atomic E-state index is 0.284. The molecule has 0 bridgehead atoms. The Hall–Kier alpha value is -0.0900. The van der Waals surface area contributed by atoms with Crippen molar-refractivity contribution in [2.45, 2.75) is 30.4 Å².